The molecule has 0 radical (unpaired) electrons. The first kappa shape index (κ1) is 22.7. The summed E-state index contributed by atoms with van der Waals surface area (Å²) in [5.41, 5.74) is 0.578. The number of hydrogen-bond acceptors (Lipinski definition) is 6. The first-order chi connectivity index (χ1) is 15.7. The molecule has 0 unspecified atom stereocenters. The molecule has 3 aromatic rings. The quantitative estimate of drug-likeness (QED) is 0.498. The molecule has 1 saturated heterocycles. The second kappa shape index (κ2) is 9.18. The van der Waals surface area contributed by atoms with Gasteiger partial charge in [-0.1, -0.05) is 29.4 Å². The maximum atomic E-state index is 13.4. The van der Waals surface area contributed by atoms with Crippen molar-refractivity contribution in [2.45, 2.75) is 12.7 Å². The first-order valence-corrected chi connectivity index (χ1v) is 10.0. The summed E-state index contributed by atoms with van der Waals surface area (Å²) in [6.45, 7) is 0.219. The van der Waals surface area contributed by atoms with Gasteiger partial charge >= 0.3 is 12.1 Å². The van der Waals surface area contributed by atoms with Crippen LogP contribution in [-0.2, 0) is 17.5 Å². The number of benzene rings is 2. The number of carboxylic acids is 1. The monoisotopic (exact) mass is 464 g/mol. The molecule has 1 aromatic heterocycles. The number of carbonyl (C=O) groups is 1. The molecule has 0 spiro atoms. The highest BCUT2D eigenvalue weighted by Crippen LogP contribution is 2.38. The predicted molar refractivity (Wildman–Crippen MR) is 108 cm³/mol. The summed E-state index contributed by atoms with van der Waals surface area (Å²) in [5.74, 6) is -1.49. The van der Waals surface area contributed by atoms with Gasteiger partial charge in [0, 0.05) is 30.8 Å². The van der Waals surface area contributed by atoms with E-state index in [1.165, 1.54) is 6.07 Å². The lowest BCUT2D eigenvalue weighted by Gasteiger charge is -2.36. The van der Waals surface area contributed by atoms with Crippen molar-refractivity contribution in [1.82, 2.24) is 15.0 Å². The average Bonchev–Trinajstić information content (AvgIpc) is 3.24. The molecule has 4 rings (SSSR count). The molecule has 33 heavy (non-hydrogen) atoms. The molecule has 0 saturated carbocycles. The molecule has 1 fully saturated rings. The molecular formula is C22H19F4N3O4. The van der Waals surface area contributed by atoms with Gasteiger partial charge in [-0.15, -0.1) is 0 Å². The third-order valence-corrected chi connectivity index (χ3v) is 5.22. The van der Waals surface area contributed by atoms with Crippen LogP contribution < -0.4 is 4.74 Å². The number of likely N-dealkylation sites (tertiary alicyclic amines) is 1. The van der Waals surface area contributed by atoms with Crippen LogP contribution in [0.15, 0.2) is 47.0 Å². The Morgan fingerprint density at radius 1 is 1.15 bits per heavy atom. The number of ether oxygens (including phenoxy) is 1. The topological polar surface area (TPSA) is 88.7 Å². The summed E-state index contributed by atoms with van der Waals surface area (Å²) in [6, 6.07) is 10.5. The fraction of sp³-hybridized carbons (Fsp3) is 0.318. The van der Waals surface area contributed by atoms with Gasteiger partial charge < -0.3 is 14.4 Å². The summed E-state index contributed by atoms with van der Waals surface area (Å²) in [4.78, 5) is 17.1. The van der Waals surface area contributed by atoms with Crippen LogP contribution in [0, 0.1) is 5.92 Å². The van der Waals surface area contributed by atoms with Crippen molar-refractivity contribution in [3.63, 3.8) is 0 Å². The van der Waals surface area contributed by atoms with Gasteiger partial charge in [0.05, 0.1) is 11.5 Å². The Kier molecular flexibility index (Phi) is 6.32. The van der Waals surface area contributed by atoms with E-state index >= 15 is 0 Å². The third kappa shape index (κ3) is 5.14. The Morgan fingerprint density at radius 2 is 1.85 bits per heavy atom. The first-order valence-electron chi connectivity index (χ1n) is 10.0. The largest absolute Gasteiger partial charge is 0.490 e. The Bertz CT molecular complexity index is 1130. The predicted octanol–water partition coefficient (Wildman–Crippen LogP) is 4.29. The third-order valence-electron chi connectivity index (χ3n) is 5.22. The maximum Gasteiger partial charge on any atom is 0.419 e. The van der Waals surface area contributed by atoms with Crippen molar-refractivity contribution in [2.24, 2.45) is 5.92 Å². The number of hydrogen-bond donors (Lipinski definition) is 1. The van der Waals surface area contributed by atoms with Gasteiger partial charge in [0.25, 0.3) is 5.89 Å². The maximum absolute atomic E-state index is 13.4. The lowest BCUT2D eigenvalue weighted by molar-refractivity contribution is -0.147. The van der Waals surface area contributed by atoms with E-state index in [9.17, 15) is 22.4 Å². The lowest BCUT2D eigenvalue weighted by Crippen LogP contribution is -2.49. The van der Waals surface area contributed by atoms with Gasteiger partial charge in [-0.3, -0.25) is 9.69 Å². The number of alkyl halides is 4. The minimum Gasteiger partial charge on any atom is -0.490 e. The molecule has 0 amide bonds. The van der Waals surface area contributed by atoms with Crippen LogP contribution in [0.25, 0.3) is 22.8 Å². The van der Waals surface area contributed by atoms with Gasteiger partial charge in [-0.2, -0.15) is 18.2 Å². The van der Waals surface area contributed by atoms with Crippen LogP contribution in [0.2, 0.25) is 0 Å². The molecule has 174 valence electrons. The van der Waals surface area contributed by atoms with Crippen molar-refractivity contribution in [1.29, 1.82) is 0 Å². The molecule has 1 aliphatic heterocycles. The summed E-state index contributed by atoms with van der Waals surface area (Å²) in [7, 11) is 0. The van der Waals surface area contributed by atoms with Crippen molar-refractivity contribution in [2.75, 3.05) is 26.4 Å². The molecule has 2 heterocycles. The highest BCUT2D eigenvalue weighted by molar-refractivity contribution is 5.71. The smallest absolute Gasteiger partial charge is 0.419 e. The van der Waals surface area contributed by atoms with E-state index in [0.717, 1.165) is 17.7 Å². The van der Waals surface area contributed by atoms with Crippen LogP contribution in [-0.4, -0.2) is 52.5 Å². The molecule has 11 heteroatoms. The van der Waals surface area contributed by atoms with Gasteiger partial charge in [0.15, 0.2) is 0 Å². The van der Waals surface area contributed by atoms with Crippen LogP contribution >= 0.6 is 0 Å². The number of aromatic nitrogens is 2. The van der Waals surface area contributed by atoms with E-state index in [-0.39, 0.29) is 23.2 Å². The minimum atomic E-state index is -4.71. The van der Waals surface area contributed by atoms with Crippen molar-refractivity contribution in [3.05, 3.63) is 53.6 Å². The highest BCUT2D eigenvalue weighted by atomic mass is 19.4. The van der Waals surface area contributed by atoms with E-state index in [0.29, 0.717) is 25.2 Å². The SMILES string of the molecule is O=C(O)C1CN(Cc2ccc(-c3noc(-c4ccc(OCC[18F])c(C(F)(F)F)c4)n3)cc2)C1. The molecule has 1 aliphatic rings. The zero-order valence-electron chi connectivity index (χ0n) is 17.2. The Labute approximate surface area is 185 Å². The number of halogens is 4. The standard InChI is InChI=1S/C22H19F4N3O4/c23-7-8-32-18-6-5-15(9-17(18)22(24,25)26)20-27-19(28-33-20)14-3-1-13(2-4-14)10-29-11-16(12-29)21(30)31/h1-6,9,16H,7-8,10-12H2,(H,30,31)/i23-1. The van der Waals surface area contributed by atoms with Crippen molar-refractivity contribution in [3.8, 4) is 28.6 Å². The van der Waals surface area contributed by atoms with Gasteiger partial charge in [0.2, 0.25) is 5.82 Å². The highest BCUT2D eigenvalue weighted by Gasteiger charge is 2.35. The normalized spacial score (nSPS) is 14.8. The van der Waals surface area contributed by atoms with E-state index < -0.39 is 36.7 Å². The summed E-state index contributed by atoms with van der Waals surface area (Å²) in [5, 5.41) is 12.8. The molecule has 0 aliphatic carbocycles. The second-order valence-electron chi connectivity index (χ2n) is 7.60. The lowest BCUT2D eigenvalue weighted by atomic mass is 9.99. The fourth-order valence-corrected chi connectivity index (χ4v) is 3.49. The summed E-state index contributed by atoms with van der Waals surface area (Å²) in [6.07, 6.45) is -4.71. The summed E-state index contributed by atoms with van der Waals surface area (Å²) >= 11 is 0. The molecule has 7 nitrogen and oxygen atoms in total. The van der Waals surface area contributed by atoms with E-state index in [2.05, 4.69) is 10.1 Å². The molecule has 0 atom stereocenters. The Morgan fingerprint density at radius 3 is 2.48 bits per heavy atom. The van der Waals surface area contributed by atoms with Gasteiger partial charge in [0.1, 0.15) is 19.0 Å². The van der Waals surface area contributed by atoms with Crippen LogP contribution in [0.1, 0.15) is 11.1 Å². The zero-order chi connectivity index (χ0) is 23.6. The van der Waals surface area contributed by atoms with Crippen molar-refractivity contribution < 1.29 is 36.7 Å². The van der Waals surface area contributed by atoms with Crippen LogP contribution in [0.5, 0.6) is 5.75 Å². The van der Waals surface area contributed by atoms with E-state index in [1.807, 2.05) is 17.0 Å². The Hall–Kier alpha value is -3.47. The van der Waals surface area contributed by atoms with E-state index in [4.69, 9.17) is 14.4 Å². The molecular weight excluding hydrogens is 445 g/mol. The zero-order valence-corrected chi connectivity index (χ0v) is 17.2. The number of nitrogens with zero attached hydrogens (tertiary/aromatic N) is 3. The summed E-state index contributed by atoms with van der Waals surface area (Å²) < 4.78 is 62.5. The average molecular weight is 464 g/mol. The van der Waals surface area contributed by atoms with Crippen molar-refractivity contribution >= 4 is 5.97 Å². The van der Waals surface area contributed by atoms with Gasteiger partial charge in [-0.05, 0) is 23.8 Å². The number of rotatable bonds is 8. The van der Waals surface area contributed by atoms with E-state index in [1.54, 1.807) is 12.1 Å². The molecule has 0 bridgehead atoms. The van der Waals surface area contributed by atoms with Crippen LogP contribution in [0.4, 0.5) is 17.6 Å². The van der Waals surface area contributed by atoms with Crippen LogP contribution in [0.3, 0.4) is 0 Å². The second-order valence-corrected chi connectivity index (χ2v) is 7.60. The molecule has 1 N–H and O–H groups in total. The Balaban J connectivity index is 1.48. The number of aliphatic carboxylic acids is 1. The van der Waals surface area contributed by atoms with Gasteiger partial charge in [-0.25, -0.2) is 4.39 Å². The minimum absolute atomic E-state index is 0.0519. The molecule has 2 aromatic carbocycles. The fourth-order valence-electron chi connectivity index (χ4n) is 3.49. The number of carboxylic acid groups (broad SMARTS) is 1.